The summed E-state index contributed by atoms with van der Waals surface area (Å²) in [6.45, 7) is 1.98. The minimum absolute atomic E-state index is 0.0456. The Balaban J connectivity index is 2.79. The molecule has 1 aromatic carbocycles. The molecule has 4 heteroatoms. The van der Waals surface area contributed by atoms with Crippen LogP contribution in [0.25, 0.3) is 0 Å². The molecule has 1 N–H and O–H groups in total. The first-order chi connectivity index (χ1) is 7.54. The lowest BCUT2D eigenvalue weighted by atomic mass is 10.1. The van der Waals surface area contributed by atoms with Crippen molar-refractivity contribution in [3.8, 4) is 0 Å². The molecule has 0 aliphatic carbocycles. The van der Waals surface area contributed by atoms with Gasteiger partial charge in [0.25, 0.3) is 0 Å². The molecule has 0 saturated heterocycles. The van der Waals surface area contributed by atoms with Gasteiger partial charge in [0, 0.05) is 37.8 Å². The van der Waals surface area contributed by atoms with Crippen LogP contribution >= 0.6 is 11.6 Å². The van der Waals surface area contributed by atoms with Gasteiger partial charge in [-0.25, -0.2) is 0 Å². The fourth-order valence-electron chi connectivity index (χ4n) is 1.36. The van der Waals surface area contributed by atoms with E-state index < -0.39 is 0 Å². The summed E-state index contributed by atoms with van der Waals surface area (Å²) in [6, 6.07) is 5.93. The number of nitrogens with zero attached hydrogens (tertiary/aromatic N) is 1. The fraction of sp³-hybridized carbons (Fsp3) is 0.417. The molecule has 88 valence electrons. The second-order valence-corrected chi connectivity index (χ2v) is 4.26. The average molecular weight is 241 g/mol. The summed E-state index contributed by atoms with van der Waals surface area (Å²) in [5.41, 5.74) is 3.02. The van der Waals surface area contributed by atoms with Crippen LogP contribution in [0.5, 0.6) is 0 Å². The van der Waals surface area contributed by atoms with E-state index in [1.165, 1.54) is 0 Å². The lowest BCUT2D eigenvalue weighted by Gasteiger charge is -2.15. The van der Waals surface area contributed by atoms with Crippen molar-refractivity contribution < 1.29 is 4.79 Å². The number of benzene rings is 1. The molecule has 0 aromatic heterocycles. The highest BCUT2D eigenvalue weighted by atomic mass is 35.5. The van der Waals surface area contributed by atoms with E-state index in [-0.39, 0.29) is 5.91 Å². The molecule has 0 bridgehead atoms. The van der Waals surface area contributed by atoms with Gasteiger partial charge in [0.05, 0.1) is 0 Å². The number of aryl methyl sites for hydroxylation is 1. The van der Waals surface area contributed by atoms with Gasteiger partial charge in [0.15, 0.2) is 0 Å². The summed E-state index contributed by atoms with van der Waals surface area (Å²) in [6.07, 6.45) is 0.344. The van der Waals surface area contributed by atoms with Crippen LogP contribution in [0.2, 0.25) is 0 Å². The van der Waals surface area contributed by atoms with Crippen molar-refractivity contribution in [2.45, 2.75) is 13.3 Å². The number of hydrogen-bond acceptors (Lipinski definition) is 2. The monoisotopic (exact) mass is 240 g/mol. The quantitative estimate of drug-likeness (QED) is 0.821. The van der Waals surface area contributed by atoms with Crippen LogP contribution in [0.3, 0.4) is 0 Å². The van der Waals surface area contributed by atoms with Crippen molar-refractivity contribution >= 4 is 28.9 Å². The Labute approximate surface area is 101 Å². The lowest BCUT2D eigenvalue weighted by molar-refractivity contribution is -0.115. The van der Waals surface area contributed by atoms with Crippen molar-refractivity contribution in [3.05, 3.63) is 23.8 Å². The number of amides is 1. The Kier molecular flexibility index (Phi) is 4.62. The summed E-state index contributed by atoms with van der Waals surface area (Å²) < 4.78 is 0. The molecular formula is C12H17ClN2O. The smallest absolute Gasteiger partial charge is 0.225 e. The summed E-state index contributed by atoms with van der Waals surface area (Å²) in [4.78, 5) is 13.4. The fourth-order valence-corrected chi connectivity index (χ4v) is 1.54. The van der Waals surface area contributed by atoms with Crippen molar-refractivity contribution in [1.29, 1.82) is 0 Å². The summed E-state index contributed by atoms with van der Waals surface area (Å²) in [5.74, 6) is 0.302. The summed E-state index contributed by atoms with van der Waals surface area (Å²) >= 11 is 5.50. The molecule has 16 heavy (non-hydrogen) atoms. The van der Waals surface area contributed by atoms with Crippen molar-refractivity contribution in [3.63, 3.8) is 0 Å². The topological polar surface area (TPSA) is 32.3 Å². The number of halogens is 1. The maximum absolute atomic E-state index is 11.4. The molecule has 0 unspecified atom stereocenters. The van der Waals surface area contributed by atoms with Gasteiger partial charge < -0.3 is 10.2 Å². The van der Waals surface area contributed by atoms with Gasteiger partial charge >= 0.3 is 0 Å². The van der Waals surface area contributed by atoms with E-state index >= 15 is 0 Å². The molecule has 0 heterocycles. The Morgan fingerprint density at radius 2 is 2.12 bits per heavy atom. The van der Waals surface area contributed by atoms with Gasteiger partial charge in [0.2, 0.25) is 5.91 Å². The van der Waals surface area contributed by atoms with E-state index in [9.17, 15) is 4.79 Å². The summed E-state index contributed by atoms with van der Waals surface area (Å²) in [7, 11) is 3.97. The first-order valence-corrected chi connectivity index (χ1v) is 5.72. The molecule has 3 nitrogen and oxygen atoms in total. The Bertz CT molecular complexity index is 377. The second-order valence-electron chi connectivity index (χ2n) is 3.88. The van der Waals surface area contributed by atoms with Gasteiger partial charge in [-0.15, -0.1) is 11.6 Å². The number of carbonyl (C=O) groups is 1. The number of alkyl halides is 1. The number of anilines is 2. The molecule has 0 spiro atoms. The van der Waals surface area contributed by atoms with Crippen LogP contribution in [0.15, 0.2) is 18.2 Å². The van der Waals surface area contributed by atoms with E-state index in [2.05, 4.69) is 5.32 Å². The number of hydrogen-bond donors (Lipinski definition) is 1. The van der Waals surface area contributed by atoms with Gasteiger partial charge in [-0.1, -0.05) is 0 Å². The van der Waals surface area contributed by atoms with Crippen LogP contribution in [0.4, 0.5) is 11.4 Å². The molecule has 1 aromatic rings. The predicted molar refractivity (Wildman–Crippen MR) is 69.5 cm³/mol. The molecule has 0 aliphatic heterocycles. The lowest BCUT2D eigenvalue weighted by Crippen LogP contribution is -2.13. The number of carbonyl (C=O) groups excluding carboxylic acids is 1. The third kappa shape index (κ3) is 3.42. The standard InChI is InChI=1S/C12H17ClN2O/c1-9-8-10(15(2)3)4-5-11(9)14-12(16)6-7-13/h4-5,8H,6-7H2,1-3H3,(H,14,16). The van der Waals surface area contributed by atoms with E-state index in [1.54, 1.807) is 0 Å². The molecule has 0 atom stereocenters. The zero-order valence-electron chi connectivity index (χ0n) is 9.88. The Hall–Kier alpha value is -1.22. The number of nitrogens with one attached hydrogen (secondary N) is 1. The molecule has 1 amide bonds. The Morgan fingerprint density at radius 1 is 1.44 bits per heavy atom. The molecule has 1 rings (SSSR count). The van der Waals surface area contributed by atoms with Gasteiger partial charge in [-0.2, -0.15) is 0 Å². The molecule has 0 saturated carbocycles. The third-order valence-electron chi connectivity index (χ3n) is 2.32. The van der Waals surface area contributed by atoms with Gasteiger partial charge in [-0.05, 0) is 30.7 Å². The average Bonchev–Trinajstić information content (AvgIpc) is 2.21. The SMILES string of the molecule is Cc1cc(N(C)C)ccc1NC(=O)CCCl. The van der Waals surface area contributed by atoms with E-state index in [4.69, 9.17) is 11.6 Å². The normalized spacial score (nSPS) is 10.0. The van der Waals surface area contributed by atoms with Crippen LogP contribution in [0.1, 0.15) is 12.0 Å². The van der Waals surface area contributed by atoms with Gasteiger partial charge in [-0.3, -0.25) is 4.79 Å². The first kappa shape index (κ1) is 12.8. The van der Waals surface area contributed by atoms with Crippen LogP contribution in [-0.4, -0.2) is 25.9 Å². The highest BCUT2D eigenvalue weighted by molar-refractivity contribution is 6.19. The predicted octanol–water partition coefficient (Wildman–Crippen LogP) is 2.63. The second kappa shape index (κ2) is 5.75. The van der Waals surface area contributed by atoms with Crippen LogP contribution in [0, 0.1) is 6.92 Å². The zero-order valence-corrected chi connectivity index (χ0v) is 10.6. The number of rotatable bonds is 4. The summed E-state index contributed by atoms with van der Waals surface area (Å²) in [5, 5.41) is 2.84. The Morgan fingerprint density at radius 3 is 2.62 bits per heavy atom. The molecular weight excluding hydrogens is 224 g/mol. The molecule has 0 fully saturated rings. The minimum atomic E-state index is -0.0456. The van der Waals surface area contributed by atoms with E-state index in [1.807, 2.05) is 44.1 Å². The largest absolute Gasteiger partial charge is 0.378 e. The highest BCUT2D eigenvalue weighted by Gasteiger charge is 2.05. The first-order valence-electron chi connectivity index (χ1n) is 5.18. The minimum Gasteiger partial charge on any atom is -0.378 e. The van der Waals surface area contributed by atoms with Crippen molar-refractivity contribution in [2.75, 3.05) is 30.2 Å². The van der Waals surface area contributed by atoms with E-state index in [0.29, 0.717) is 12.3 Å². The zero-order chi connectivity index (χ0) is 12.1. The van der Waals surface area contributed by atoms with E-state index in [0.717, 1.165) is 16.9 Å². The van der Waals surface area contributed by atoms with Crippen molar-refractivity contribution in [2.24, 2.45) is 0 Å². The molecule has 0 aliphatic rings. The highest BCUT2D eigenvalue weighted by Crippen LogP contribution is 2.21. The van der Waals surface area contributed by atoms with Crippen LogP contribution in [-0.2, 0) is 4.79 Å². The molecule has 0 radical (unpaired) electrons. The van der Waals surface area contributed by atoms with Crippen LogP contribution < -0.4 is 10.2 Å². The van der Waals surface area contributed by atoms with Gasteiger partial charge in [0.1, 0.15) is 0 Å². The maximum Gasteiger partial charge on any atom is 0.225 e. The third-order valence-corrected chi connectivity index (χ3v) is 2.51. The van der Waals surface area contributed by atoms with Crippen molar-refractivity contribution in [1.82, 2.24) is 0 Å². The maximum atomic E-state index is 11.4.